The Hall–Kier alpha value is -2.46. The Bertz CT molecular complexity index is 808. The zero-order valence-corrected chi connectivity index (χ0v) is 17.4. The van der Waals surface area contributed by atoms with Gasteiger partial charge in [-0.25, -0.2) is 4.39 Å². The maximum atomic E-state index is 14.6. The Morgan fingerprint density at radius 2 is 1.71 bits per heavy atom. The highest BCUT2D eigenvalue weighted by Gasteiger charge is 2.11. The van der Waals surface area contributed by atoms with Crippen LogP contribution in [0, 0.1) is 5.82 Å². The Kier molecular flexibility index (Phi) is 8.40. The third-order valence-corrected chi connectivity index (χ3v) is 4.52. The van der Waals surface area contributed by atoms with Crippen LogP contribution in [0.5, 0.6) is 0 Å². The lowest BCUT2D eigenvalue weighted by Crippen LogP contribution is -2.24. The summed E-state index contributed by atoms with van der Waals surface area (Å²) >= 11 is 0. The van der Waals surface area contributed by atoms with Crippen molar-refractivity contribution in [3.05, 3.63) is 71.0 Å². The van der Waals surface area contributed by atoms with E-state index in [4.69, 9.17) is 0 Å². The summed E-state index contributed by atoms with van der Waals surface area (Å²) in [6.45, 7) is 6.74. The average Bonchev–Trinajstić information content (AvgIpc) is 2.66. The number of rotatable bonds is 10. The first-order chi connectivity index (χ1) is 13.5. The minimum atomic E-state index is -0.305. The number of hydrogen-bond acceptors (Lipinski definition) is 3. The molecule has 0 aliphatic carbocycles. The van der Waals surface area contributed by atoms with Crippen LogP contribution in [0.2, 0.25) is 0 Å². The zero-order valence-electron chi connectivity index (χ0n) is 17.4. The average molecular weight is 383 g/mol. The van der Waals surface area contributed by atoms with Crippen LogP contribution in [-0.2, 0) is 6.54 Å². The summed E-state index contributed by atoms with van der Waals surface area (Å²) < 4.78 is 14.6. The smallest absolute Gasteiger partial charge is 0.186 e. The van der Waals surface area contributed by atoms with Crippen LogP contribution in [0.4, 0.5) is 10.1 Å². The van der Waals surface area contributed by atoms with Crippen molar-refractivity contribution < 1.29 is 9.18 Å². The van der Waals surface area contributed by atoms with E-state index in [0.29, 0.717) is 17.7 Å². The summed E-state index contributed by atoms with van der Waals surface area (Å²) in [6, 6.07) is 12.8. The Labute approximate surface area is 168 Å². The largest absolute Gasteiger partial charge is 0.371 e. The fourth-order valence-electron chi connectivity index (χ4n) is 3.25. The molecule has 0 fully saturated rings. The summed E-state index contributed by atoms with van der Waals surface area (Å²) in [6.07, 6.45) is 5.06. The third-order valence-electron chi connectivity index (χ3n) is 4.52. The van der Waals surface area contributed by atoms with Gasteiger partial charge in [-0.2, -0.15) is 0 Å². The van der Waals surface area contributed by atoms with Crippen molar-refractivity contribution in [2.75, 3.05) is 32.1 Å². The van der Waals surface area contributed by atoms with Gasteiger partial charge < -0.3 is 9.80 Å². The zero-order chi connectivity index (χ0) is 20.5. The van der Waals surface area contributed by atoms with Crippen molar-refractivity contribution in [3.8, 4) is 0 Å². The van der Waals surface area contributed by atoms with Crippen LogP contribution in [0.1, 0.15) is 48.2 Å². The highest BCUT2D eigenvalue weighted by Crippen LogP contribution is 2.21. The van der Waals surface area contributed by atoms with E-state index in [1.807, 2.05) is 49.3 Å². The molecule has 0 amide bonds. The minimum Gasteiger partial charge on any atom is -0.371 e. The first-order valence-corrected chi connectivity index (χ1v) is 9.95. The fourth-order valence-corrected chi connectivity index (χ4v) is 3.25. The van der Waals surface area contributed by atoms with Gasteiger partial charge in [0.1, 0.15) is 5.82 Å². The van der Waals surface area contributed by atoms with E-state index in [-0.39, 0.29) is 11.6 Å². The molecule has 3 nitrogen and oxygen atoms in total. The number of hydrogen-bond donors (Lipinski definition) is 0. The molecule has 4 heteroatoms. The highest BCUT2D eigenvalue weighted by atomic mass is 19.1. The standard InChI is InChI=1S/C24H31FN2O/c1-5-15-27(16-6-2)21-13-11-19(23(25)17-21)12-14-24(28)22-10-8-7-9-20(22)18-26(3)4/h7-14,17H,5-6,15-16,18H2,1-4H3. The molecule has 2 rings (SSSR count). The van der Waals surface area contributed by atoms with Crippen LogP contribution >= 0.6 is 0 Å². The number of anilines is 1. The second kappa shape index (κ2) is 10.8. The molecule has 0 atom stereocenters. The number of nitrogens with zero attached hydrogens (tertiary/aromatic N) is 2. The monoisotopic (exact) mass is 382 g/mol. The molecule has 0 aliphatic rings. The molecule has 0 heterocycles. The number of allylic oxidation sites excluding steroid dienone is 1. The van der Waals surface area contributed by atoms with Crippen LogP contribution in [-0.4, -0.2) is 37.9 Å². The van der Waals surface area contributed by atoms with Gasteiger partial charge in [-0.3, -0.25) is 4.79 Å². The van der Waals surface area contributed by atoms with Crippen molar-refractivity contribution in [1.29, 1.82) is 0 Å². The molecule has 28 heavy (non-hydrogen) atoms. The van der Waals surface area contributed by atoms with E-state index in [9.17, 15) is 9.18 Å². The SMILES string of the molecule is CCCN(CCC)c1ccc(C=CC(=O)c2ccccc2CN(C)C)c(F)c1. The van der Waals surface area contributed by atoms with Crippen LogP contribution < -0.4 is 4.90 Å². The Morgan fingerprint density at radius 1 is 1.04 bits per heavy atom. The molecule has 0 saturated heterocycles. The summed E-state index contributed by atoms with van der Waals surface area (Å²) in [5.41, 5.74) is 2.94. The van der Waals surface area contributed by atoms with Crippen molar-refractivity contribution in [2.24, 2.45) is 0 Å². The second-order valence-corrected chi connectivity index (χ2v) is 7.29. The molecule has 0 spiro atoms. The first kappa shape index (κ1) is 21.8. The molecule has 0 unspecified atom stereocenters. The maximum Gasteiger partial charge on any atom is 0.186 e. The van der Waals surface area contributed by atoms with Crippen molar-refractivity contribution in [1.82, 2.24) is 4.90 Å². The van der Waals surface area contributed by atoms with Gasteiger partial charge in [-0.05, 0) is 62.9 Å². The van der Waals surface area contributed by atoms with Crippen molar-refractivity contribution >= 4 is 17.5 Å². The van der Waals surface area contributed by atoms with Gasteiger partial charge in [0.15, 0.2) is 5.78 Å². The van der Waals surface area contributed by atoms with E-state index >= 15 is 0 Å². The Balaban J connectivity index is 2.19. The van der Waals surface area contributed by atoms with Crippen molar-refractivity contribution in [2.45, 2.75) is 33.2 Å². The summed E-state index contributed by atoms with van der Waals surface area (Å²) in [7, 11) is 3.93. The van der Waals surface area contributed by atoms with E-state index in [1.165, 1.54) is 6.08 Å². The number of carbonyl (C=O) groups is 1. The predicted molar refractivity (Wildman–Crippen MR) is 116 cm³/mol. The molecule has 0 aliphatic heterocycles. The lowest BCUT2D eigenvalue weighted by molar-refractivity contribution is 0.104. The van der Waals surface area contributed by atoms with Gasteiger partial charge in [0.05, 0.1) is 0 Å². The molecule has 2 aromatic carbocycles. The van der Waals surface area contributed by atoms with Gasteiger partial charge in [-0.15, -0.1) is 0 Å². The first-order valence-electron chi connectivity index (χ1n) is 9.95. The summed E-state index contributed by atoms with van der Waals surface area (Å²) in [5.74, 6) is -0.417. The quantitative estimate of drug-likeness (QED) is 0.405. The highest BCUT2D eigenvalue weighted by molar-refractivity contribution is 6.07. The normalized spacial score (nSPS) is 11.4. The summed E-state index contributed by atoms with van der Waals surface area (Å²) in [4.78, 5) is 16.9. The van der Waals surface area contributed by atoms with Gasteiger partial charge in [0.25, 0.3) is 0 Å². The molecular weight excluding hydrogens is 351 g/mol. The topological polar surface area (TPSA) is 23.6 Å². The lowest BCUT2D eigenvalue weighted by Gasteiger charge is -2.24. The van der Waals surface area contributed by atoms with E-state index in [0.717, 1.165) is 37.2 Å². The molecule has 2 aromatic rings. The molecule has 0 N–H and O–H groups in total. The van der Waals surface area contributed by atoms with E-state index in [2.05, 4.69) is 18.7 Å². The van der Waals surface area contributed by atoms with E-state index < -0.39 is 0 Å². The van der Waals surface area contributed by atoms with Gasteiger partial charge in [-0.1, -0.05) is 38.1 Å². The minimum absolute atomic E-state index is 0.112. The second-order valence-electron chi connectivity index (χ2n) is 7.29. The van der Waals surface area contributed by atoms with Crippen LogP contribution in [0.15, 0.2) is 48.5 Å². The maximum absolute atomic E-state index is 14.6. The molecule has 0 bridgehead atoms. The van der Waals surface area contributed by atoms with E-state index in [1.54, 1.807) is 18.2 Å². The lowest BCUT2D eigenvalue weighted by atomic mass is 10.0. The third kappa shape index (κ3) is 6.03. The van der Waals surface area contributed by atoms with Crippen LogP contribution in [0.3, 0.4) is 0 Å². The Morgan fingerprint density at radius 3 is 2.32 bits per heavy atom. The number of ketones is 1. The molecular formula is C24H31FN2O. The predicted octanol–water partition coefficient (Wildman–Crippen LogP) is 5.41. The molecule has 0 saturated carbocycles. The number of benzene rings is 2. The number of halogens is 1. The summed E-state index contributed by atoms with van der Waals surface area (Å²) in [5, 5.41) is 0. The van der Waals surface area contributed by atoms with Crippen molar-refractivity contribution in [3.63, 3.8) is 0 Å². The van der Waals surface area contributed by atoms with Crippen LogP contribution in [0.25, 0.3) is 6.08 Å². The number of carbonyl (C=O) groups excluding carboxylic acids is 1. The van der Waals surface area contributed by atoms with Gasteiger partial charge in [0.2, 0.25) is 0 Å². The molecule has 150 valence electrons. The molecule has 0 aromatic heterocycles. The van der Waals surface area contributed by atoms with Gasteiger partial charge in [0, 0.05) is 36.4 Å². The fraction of sp³-hybridized carbons (Fsp3) is 0.375. The van der Waals surface area contributed by atoms with Gasteiger partial charge >= 0.3 is 0 Å². The molecule has 0 radical (unpaired) electrons.